The minimum absolute atomic E-state index is 0. The molecule has 0 aromatic carbocycles. The van der Waals surface area contributed by atoms with Gasteiger partial charge in [-0.1, -0.05) is 200 Å². The van der Waals surface area contributed by atoms with Crippen LogP contribution in [0.4, 0.5) is 0 Å². The van der Waals surface area contributed by atoms with Gasteiger partial charge in [0.2, 0.25) is 0 Å². The molecule has 45 heavy (non-hydrogen) atoms. The molecule has 0 aliphatic heterocycles. The van der Waals surface area contributed by atoms with Crippen molar-refractivity contribution < 1.29 is 36.5 Å². The summed E-state index contributed by atoms with van der Waals surface area (Å²) in [4.78, 5) is 34.9. The van der Waals surface area contributed by atoms with E-state index in [-0.39, 0.29) is 24.3 Å². The second-order valence-electron chi connectivity index (χ2n) is 13.9. The predicted octanol–water partition coefficient (Wildman–Crippen LogP) is 9.90. The molecule has 0 bridgehead atoms. The molecule has 0 heterocycles. The Kier molecular flexibility index (Phi) is 37.1. The highest BCUT2D eigenvalue weighted by atomic mass is 35.5. The van der Waals surface area contributed by atoms with Gasteiger partial charge in [-0.2, -0.15) is 0 Å². The molecule has 0 saturated carbocycles. The van der Waals surface area contributed by atoms with Crippen molar-refractivity contribution in [1.29, 1.82) is 0 Å². The first-order chi connectivity index (χ1) is 21.4. The molecule has 0 radical (unpaired) electrons. The number of nitrogens with zero attached hydrogens (tertiary/aromatic N) is 1. The average molecular weight is 661 g/mol. The summed E-state index contributed by atoms with van der Waals surface area (Å²) in [5.74, 6) is -0.583. The van der Waals surface area contributed by atoms with Crippen molar-refractivity contribution in [2.75, 3.05) is 14.1 Å². The largest absolute Gasteiger partial charge is 1.00 e. The molecule has 0 aliphatic carbocycles. The average Bonchev–Trinajstić information content (AvgIpc) is 2.98. The van der Waals surface area contributed by atoms with Crippen molar-refractivity contribution >= 4 is 11.9 Å². The minimum Gasteiger partial charge on any atom is -1.00 e. The third-order valence-corrected chi connectivity index (χ3v) is 8.86. The molecule has 270 valence electrons. The van der Waals surface area contributed by atoms with Gasteiger partial charge in [0, 0.05) is 4.81 Å². The van der Waals surface area contributed by atoms with Crippen molar-refractivity contribution in [3.63, 3.8) is 0 Å². The smallest absolute Gasteiger partial charge is 0.372 e. The standard InChI is InChI=1S/C39H78NO4.ClH/c1-5-7-9-11-13-15-17-19-21-23-25-27-29-31-33-35-37-39(42)44-40(3,4)43-38(41)36-34-32-30-28-26-24-22-20-18-16-14-12-10-8-6-2;/h5-37H2,1-4H3;1H/q+1;/p-1. The number of rotatable bonds is 35. The lowest BCUT2D eigenvalue weighted by Gasteiger charge is -2.22. The Morgan fingerprint density at radius 2 is 0.533 bits per heavy atom. The molecule has 0 aliphatic rings. The molecule has 0 saturated heterocycles. The Balaban J connectivity index is 0. The summed E-state index contributed by atoms with van der Waals surface area (Å²) in [5.41, 5.74) is 0. The van der Waals surface area contributed by atoms with Crippen molar-refractivity contribution in [2.45, 2.75) is 226 Å². The molecule has 0 N–H and O–H groups in total. The van der Waals surface area contributed by atoms with Crippen LogP contribution < -0.4 is 12.4 Å². The van der Waals surface area contributed by atoms with Gasteiger partial charge in [-0.05, 0) is 12.8 Å². The van der Waals surface area contributed by atoms with Crippen molar-refractivity contribution in [3.8, 4) is 0 Å². The summed E-state index contributed by atoms with van der Waals surface area (Å²) in [5, 5.41) is 0. The molecule has 0 aromatic heterocycles. The quantitative estimate of drug-likeness (QED) is 0.0386. The summed E-state index contributed by atoms with van der Waals surface area (Å²) < 4.78 is 0. The zero-order valence-electron chi connectivity index (χ0n) is 30.8. The van der Waals surface area contributed by atoms with E-state index in [2.05, 4.69) is 13.8 Å². The Hall–Kier alpha value is -0.810. The number of carbonyl (C=O) groups excluding carboxylic acids is 2. The van der Waals surface area contributed by atoms with E-state index in [1.165, 1.54) is 173 Å². The van der Waals surface area contributed by atoms with E-state index in [4.69, 9.17) is 9.68 Å². The van der Waals surface area contributed by atoms with E-state index in [9.17, 15) is 9.59 Å². The lowest BCUT2D eigenvalue weighted by Crippen LogP contribution is -3.00. The Morgan fingerprint density at radius 1 is 0.356 bits per heavy atom. The SMILES string of the molecule is CCCCCCCCCCCCCCCCCCC(=O)O[N+](C)(C)OC(=O)CCCCCCCCCCCCCCCCC.[Cl-]. The Morgan fingerprint density at radius 3 is 0.733 bits per heavy atom. The second-order valence-corrected chi connectivity index (χ2v) is 13.9. The van der Waals surface area contributed by atoms with Gasteiger partial charge < -0.3 is 12.4 Å². The fraction of sp³-hybridized carbons (Fsp3) is 0.949. The monoisotopic (exact) mass is 660 g/mol. The van der Waals surface area contributed by atoms with Crippen LogP contribution in [0, 0.1) is 0 Å². The van der Waals surface area contributed by atoms with E-state index in [0.717, 1.165) is 25.7 Å². The van der Waals surface area contributed by atoms with Crippen LogP contribution in [0.3, 0.4) is 0 Å². The predicted molar refractivity (Wildman–Crippen MR) is 188 cm³/mol. The highest BCUT2D eigenvalue weighted by Gasteiger charge is 2.27. The molecule has 5 nitrogen and oxygen atoms in total. The molecular weight excluding hydrogens is 582 g/mol. The Labute approximate surface area is 287 Å². The topological polar surface area (TPSA) is 52.6 Å². The number of hydroxylamine groups is 4. The number of hydrogen-bond acceptors (Lipinski definition) is 4. The van der Waals surface area contributed by atoms with Crippen LogP contribution in [0.15, 0.2) is 0 Å². The Bertz CT molecular complexity index is 628. The number of quaternary nitrogens is 1. The molecule has 0 spiro atoms. The molecule has 0 aromatic rings. The van der Waals surface area contributed by atoms with Crippen LogP contribution in [0.5, 0.6) is 0 Å². The normalized spacial score (nSPS) is 11.4. The summed E-state index contributed by atoms with van der Waals surface area (Å²) in [7, 11) is 3.21. The summed E-state index contributed by atoms with van der Waals surface area (Å²) >= 11 is 0. The third-order valence-electron chi connectivity index (χ3n) is 8.86. The maximum absolute atomic E-state index is 12.3. The molecule has 0 rings (SSSR count). The molecule has 0 unspecified atom stereocenters. The van der Waals surface area contributed by atoms with Crippen molar-refractivity contribution in [2.24, 2.45) is 0 Å². The second kappa shape index (κ2) is 36.0. The van der Waals surface area contributed by atoms with Crippen LogP contribution in [0.1, 0.15) is 226 Å². The van der Waals surface area contributed by atoms with Gasteiger partial charge >= 0.3 is 11.9 Å². The fourth-order valence-electron chi connectivity index (χ4n) is 6.06. The highest BCUT2D eigenvalue weighted by molar-refractivity contribution is 5.69. The first-order valence-electron chi connectivity index (χ1n) is 19.7. The zero-order chi connectivity index (χ0) is 32.4. The first-order valence-corrected chi connectivity index (χ1v) is 19.7. The van der Waals surface area contributed by atoms with Gasteiger partial charge in [0.05, 0.1) is 12.8 Å². The number of carbonyl (C=O) groups is 2. The number of unbranched alkanes of at least 4 members (excludes halogenated alkanes) is 29. The van der Waals surface area contributed by atoms with Gasteiger partial charge in [0.25, 0.3) is 0 Å². The number of hydrogen-bond donors (Lipinski definition) is 0. The van der Waals surface area contributed by atoms with Crippen molar-refractivity contribution in [3.05, 3.63) is 0 Å². The van der Waals surface area contributed by atoms with Crippen LogP contribution in [-0.4, -0.2) is 30.8 Å². The summed E-state index contributed by atoms with van der Waals surface area (Å²) in [6.45, 7) is 4.55. The fourth-order valence-corrected chi connectivity index (χ4v) is 6.06. The van der Waals surface area contributed by atoms with E-state index in [1.807, 2.05) is 0 Å². The highest BCUT2D eigenvalue weighted by Crippen LogP contribution is 2.16. The van der Waals surface area contributed by atoms with Crippen LogP contribution in [-0.2, 0) is 19.3 Å². The van der Waals surface area contributed by atoms with E-state index >= 15 is 0 Å². The zero-order valence-corrected chi connectivity index (χ0v) is 31.5. The van der Waals surface area contributed by atoms with Crippen LogP contribution in [0.25, 0.3) is 0 Å². The minimum atomic E-state index is -0.477. The lowest BCUT2D eigenvalue weighted by molar-refractivity contribution is -1.20. The number of halogens is 1. The van der Waals surface area contributed by atoms with Gasteiger partial charge in [0.15, 0.2) is 14.1 Å². The maximum Gasteiger partial charge on any atom is 0.372 e. The van der Waals surface area contributed by atoms with Crippen LogP contribution in [0.2, 0.25) is 0 Å². The summed E-state index contributed by atoms with van der Waals surface area (Å²) in [6.07, 6.45) is 41.3. The van der Waals surface area contributed by atoms with E-state index < -0.39 is 4.81 Å². The molecule has 0 atom stereocenters. The van der Waals surface area contributed by atoms with Gasteiger partial charge in [0.1, 0.15) is 0 Å². The molecular formula is C39H78ClNO4. The molecule has 6 heteroatoms. The molecule has 0 fully saturated rings. The van der Waals surface area contributed by atoms with Crippen molar-refractivity contribution in [1.82, 2.24) is 0 Å². The first kappa shape index (κ1) is 46.3. The van der Waals surface area contributed by atoms with Gasteiger partial charge in [-0.3, -0.25) is 0 Å². The third kappa shape index (κ3) is 37.5. The van der Waals surface area contributed by atoms with Gasteiger partial charge in [-0.25, -0.2) is 19.3 Å². The maximum atomic E-state index is 12.3. The van der Waals surface area contributed by atoms with E-state index in [1.54, 1.807) is 14.1 Å². The molecule has 0 amide bonds. The van der Waals surface area contributed by atoms with Gasteiger partial charge in [-0.15, -0.1) is 0 Å². The van der Waals surface area contributed by atoms with Crippen LogP contribution >= 0.6 is 0 Å². The lowest BCUT2D eigenvalue weighted by atomic mass is 10.0. The van der Waals surface area contributed by atoms with E-state index in [0.29, 0.717) is 12.8 Å². The summed E-state index contributed by atoms with van der Waals surface area (Å²) in [6, 6.07) is 0.